The third-order valence-electron chi connectivity index (χ3n) is 16.4. The summed E-state index contributed by atoms with van der Waals surface area (Å²) in [6.07, 6.45) is 10.3. The summed E-state index contributed by atoms with van der Waals surface area (Å²) in [4.78, 5) is 60.2. The van der Waals surface area contributed by atoms with E-state index in [0.29, 0.717) is 73.5 Å². The van der Waals surface area contributed by atoms with E-state index in [9.17, 15) is 29.4 Å². The van der Waals surface area contributed by atoms with Crippen molar-refractivity contribution < 1.29 is 67.3 Å². The number of ether oxygens (including phenoxy) is 8. The summed E-state index contributed by atoms with van der Waals surface area (Å²) >= 11 is 0. The number of nitrogens with one attached hydrogen (secondary N) is 1. The number of amides is 2. The van der Waals surface area contributed by atoms with Crippen molar-refractivity contribution >= 4 is 23.8 Å². The topological polar surface area (TPSA) is 208 Å². The van der Waals surface area contributed by atoms with Crippen LogP contribution in [-0.2, 0) is 32.0 Å². The van der Waals surface area contributed by atoms with E-state index >= 15 is 0 Å². The van der Waals surface area contributed by atoms with Crippen LogP contribution in [-0.4, -0.2) is 174 Å². The molecule has 4 heterocycles. The molecule has 0 aliphatic carbocycles. The Labute approximate surface area is 504 Å². The Morgan fingerprint density at radius 3 is 1.44 bits per heavy atom. The maximum Gasteiger partial charge on any atom is 0.308 e. The van der Waals surface area contributed by atoms with Crippen molar-refractivity contribution in [3.8, 4) is 46.0 Å². The highest BCUT2D eigenvalue weighted by atomic mass is 16.7. The van der Waals surface area contributed by atoms with Gasteiger partial charge in [0.2, 0.25) is 36.9 Å². The van der Waals surface area contributed by atoms with Crippen molar-refractivity contribution in [3.63, 3.8) is 0 Å². The number of hydrogen-bond acceptors (Lipinski definition) is 15. The maximum absolute atomic E-state index is 13.6. The number of carbonyl (C=O) groups is 4. The number of carbonyl (C=O) groups excluding carboxylic acids is 2. The van der Waals surface area contributed by atoms with E-state index in [2.05, 4.69) is 56.9 Å². The van der Waals surface area contributed by atoms with Gasteiger partial charge in [0, 0.05) is 56.6 Å². The van der Waals surface area contributed by atoms with E-state index in [0.717, 1.165) is 98.1 Å². The fraction of sp³-hybridized carbons (Fsp3) is 0.576. The minimum absolute atomic E-state index is 0.0584. The summed E-state index contributed by atoms with van der Waals surface area (Å²) < 4.78 is 44.5. The number of carboxylic acids is 2. The minimum atomic E-state index is -0.872. The predicted molar refractivity (Wildman–Crippen MR) is 327 cm³/mol. The lowest BCUT2D eigenvalue weighted by Crippen LogP contribution is -2.44. The molecule has 3 N–H and O–H groups in total. The summed E-state index contributed by atoms with van der Waals surface area (Å²) in [6.45, 7) is 13.2. The SMILES string of the molecule is CCCCN(CCC)C(=O)CN1C[C@H](c2cc(OC)c3c(c2)OCO3)[C@@H](C(=O)O)[C@@H]1CCCc1ccccc1OC.CCCCNC(=O)CN1C[C@H](c2cc(OC)c3c(c2)OCO3)[C@@H](C(=O)O)[C@@H]1CCCc1ccccc1OC.CCCN(C)C. The first-order valence-corrected chi connectivity index (χ1v) is 30.5. The number of hydrogen-bond donors (Lipinski definition) is 3. The molecule has 0 radical (unpaired) electrons. The smallest absolute Gasteiger partial charge is 0.308 e. The third kappa shape index (κ3) is 18.3. The molecule has 0 spiro atoms. The molecule has 468 valence electrons. The second-order valence-corrected chi connectivity index (χ2v) is 22.5. The number of para-hydroxylation sites is 2. The molecule has 6 atom stereocenters. The van der Waals surface area contributed by atoms with Crippen LogP contribution in [0.3, 0.4) is 0 Å². The molecule has 0 saturated carbocycles. The Kier molecular flexibility index (Phi) is 27.1. The molecule has 2 saturated heterocycles. The van der Waals surface area contributed by atoms with Crippen LogP contribution in [0.1, 0.15) is 126 Å². The van der Waals surface area contributed by atoms with Crippen LogP contribution >= 0.6 is 0 Å². The van der Waals surface area contributed by atoms with E-state index in [1.54, 1.807) is 28.4 Å². The Morgan fingerprint density at radius 2 is 1.02 bits per heavy atom. The van der Waals surface area contributed by atoms with Gasteiger partial charge in [-0.1, -0.05) is 76.9 Å². The number of benzene rings is 4. The van der Waals surface area contributed by atoms with Gasteiger partial charge in [0.25, 0.3) is 0 Å². The molecular formula is C66H95N5O14. The highest BCUT2D eigenvalue weighted by Crippen LogP contribution is 2.49. The third-order valence-corrected chi connectivity index (χ3v) is 16.4. The van der Waals surface area contributed by atoms with Crippen molar-refractivity contribution in [2.24, 2.45) is 11.8 Å². The van der Waals surface area contributed by atoms with Crippen LogP contribution in [0.15, 0.2) is 72.8 Å². The number of rotatable bonds is 30. The quantitative estimate of drug-likeness (QED) is 0.0415. The Bertz CT molecular complexity index is 2760. The van der Waals surface area contributed by atoms with E-state index in [1.165, 1.54) is 13.0 Å². The summed E-state index contributed by atoms with van der Waals surface area (Å²) in [5, 5.41) is 24.0. The molecule has 85 heavy (non-hydrogen) atoms. The number of aliphatic carboxylic acids is 2. The van der Waals surface area contributed by atoms with Crippen LogP contribution in [0, 0.1) is 11.8 Å². The largest absolute Gasteiger partial charge is 0.496 e. The molecule has 8 rings (SSSR count). The number of carboxylic acid groups (broad SMARTS) is 2. The van der Waals surface area contributed by atoms with Gasteiger partial charge in [-0.05, 0) is 144 Å². The fourth-order valence-corrected chi connectivity index (χ4v) is 12.3. The molecule has 0 bridgehead atoms. The van der Waals surface area contributed by atoms with Gasteiger partial charge in [-0.2, -0.15) is 0 Å². The van der Waals surface area contributed by atoms with Gasteiger partial charge in [0.05, 0.1) is 53.4 Å². The Morgan fingerprint density at radius 1 is 0.565 bits per heavy atom. The van der Waals surface area contributed by atoms with Crippen LogP contribution in [0.25, 0.3) is 0 Å². The van der Waals surface area contributed by atoms with E-state index < -0.39 is 23.8 Å². The number of aryl methyl sites for hydroxylation is 2. The van der Waals surface area contributed by atoms with Gasteiger partial charge in [-0.15, -0.1) is 0 Å². The standard InChI is InChI=1S/C32H44N2O7.C29H38N2O7.C5H13N/c1-5-7-16-33(15-6-2)29(35)20-34-19-24(23-17-27(39-4)31-28(18-23)40-21-41-31)30(32(36)37)25(34)13-10-12-22-11-8-9-14-26(22)38-3;1-4-5-13-30-26(32)17-31-16-21(20-14-24(36-3)28-25(15-20)37-18-38-28)27(29(33)34)22(31)11-8-10-19-9-6-7-12-23(19)35-2;1-4-5-6(2)3/h8-9,11,14,17-18,24-25,30H,5-7,10,12-13,15-16,19-21H2,1-4H3,(H,36,37);6-7,9,12,14-15,21-22,27H,4-5,8,10-11,13,16-18H2,1-3H3,(H,30,32)(H,33,34);4-5H2,1-3H3/t24-,25+,30-;21-,22+,27-;/m11./s1. The second-order valence-electron chi connectivity index (χ2n) is 22.5. The lowest BCUT2D eigenvalue weighted by atomic mass is 9.83. The van der Waals surface area contributed by atoms with Crippen molar-refractivity contribution in [2.75, 3.05) is 108 Å². The fourth-order valence-electron chi connectivity index (χ4n) is 12.3. The Hall–Kier alpha value is -6.96. The summed E-state index contributed by atoms with van der Waals surface area (Å²) in [5.41, 5.74) is 3.80. The number of likely N-dealkylation sites (tertiary alicyclic amines) is 2. The summed E-state index contributed by atoms with van der Waals surface area (Å²) in [7, 11) is 10.6. The summed E-state index contributed by atoms with van der Waals surface area (Å²) in [6, 6.07) is 22.6. The van der Waals surface area contributed by atoms with Crippen LogP contribution in [0.4, 0.5) is 0 Å². The average molecular weight is 1180 g/mol. The Balaban J connectivity index is 0.000000249. The molecule has 4 aromatic carbocycles. The molecule has 2 fully saturated rings. The first-order valence-electron chi connectivity index (χ1n) is 30.5. The lowest BCUT2D eigenvalue weighted by molar-refractivity contribution is -0.144. The first kappa shape index (κ1) is 67.2. The highest BCUT2D eigenvalue weighted by Gasteiger charge is 2.49. The molecule has 4 aliphatic rings. The molecule has 19 nitrogen and oxygen atoms in total. The summed E-state index contributed by atoms with van der Waals surface area (Å²) in [5.74, 6) is 1.04. The number of methoxy groups -OCH3 is 4. The van der Waals surface area contributed by atoms with Crippen molar-refractivity contribution in [1.82, 2.24) is 24.9 Å². The van der Waals surface area contributed by atoms with Gasteiger partial charge in [-0.25, -0.2) is 0 Å². The average Bonchev–Trinajstić information content (AvgIpc) is 4.33. The van der Waals surface area contributed by atoms with Gasteiger partial charge >= 0.3 is 11.9 Å². The van der Waals surface area contributed by atoms with Crippen LogP contribution in [0.5, 0.6) is 46.0 Å². The predicted octanol–water partition coefficient (Wildman–Crippen LogP) is 9.76. The number of nitrogens with zero attached hydrogens (tertiary/aromatic N) is 4. The molecule has 2 amide bonds. The van der Waals surface area contributed by atoms with E-state index in [4.69, 9.17) is 37.9 Å². The lowest BCUT2D eigenvalue weighted by Gasteiger charge is -2.29. The minimum Gasteiger partial charge on any atom is -0.496 e. The van der Waals surface area contributed by atoms with E-state index in [1.807, 2.05) is 82.6 Å². The maximum atomic E-state index is 13.6. The number of fused-ring (bicyclic) bond motifs is 2. The van der Waals surface area contributed by atoms with Gasteiger partial charge in [0.15, 0.2) is 23.0 Å². The second kappa shape index (κ2) is 34.3. The highest BCUT2D eigenvalue weighted by molar-refractivity contribution is 5.80. The molecular weight excluding hydrogens is 1090 g/mol. The van der Waals surface area contributed by atoms with Crippen molar-refractivity contribution in [1.29, 1.82) is 0 Å². The van der Waals surface area contributed by atoms with Crippen molar-refractivity contribution in [2.45, 2.75) is 129 Å². The molecule has 0 aromatic heterocycles. The normalized spacial score (nSPS) is 19.3. The molecule has 19 heteroatoms. The number of unbranched alkanes of at least 4 members (excludes halogenated alkanes) is 2. The van der Waals surface area contributed by atoms with Gasteiger partial charge < -0.3 is 63.2 Å². The zero-order valence-corrected chi connectivity index (χ0v) is 52.0. The molecule has 0 unspecified atom stereocenters. The van der Waals surface area contributed by atoms with Crippen LogP contribution in [0.2, 0.25) is 0 Å². The molecule has 4 aromatic rings. The van der Waals surface area contributed by atoms with Gasteiger partial charge in [-0.3, -0.25) is 29.0 Å². The van der Waals surface area contributed by atoms with E-state index in [-0.39, 0.29) is 62.4 Å². The van der Waals surface area contributed by atoms with Gasteiger partial charge in [0.1, 0.15) is 11.5 Å². The molecule has 4 aliphatic heterocycles. The zero-order valence-electron chi connectivity index (χ0n) is 52.0. The van der Waals surface area contributed by atoms with Crippen molar-refractivity contribution in [3.05, 3.63) is 95.1 Å². The zero-order chi connectivity index (χ0) is 61.4. The monoisotopic (exact) mass is 1180 g/mol. The van der Waals surface area contributed by atoms with Crippen LogP contribution < -0.4 is 43.2 Å². The first-order chi connectivity index (χ1) is 41.1.